The normalized spacial score (nSPS) is 10.0. The van der Waals surface area contributed by atoms with Crippen molar-refractivity contribution in [3.63, 3.8) is 0 Å². The first-order valence-electron chi connectivity index (χ1n) is 6.22. The molecule has 0 amide bonds. The number of ether oxygens (including phenoxy) is 2. The van der Waals surface area contributed by atoms with Crippen molar-refractivity contribution < 1.29 is 19.1 Å². The second-order valence-electron chi connectivity index (χ2n) is 3.69. The SMILES string of the molecule is CCCCCCOC(=O)CNCC(=O)OCC. The summed E-state index contributed by atoms with van der Waals surface area (Å²) in [5.74, 6) is -0.686. The van der Waals surface area contributed by atoms with E-state index in [1.165, 1.54) is 6.42 Å². The van der Waals surface area contributed by atoms with Gasteiger partial charge in [0.25, 0.3) is 0 Å². The van der Waals surface area contributed by atoms with Crippen LogP contribution in [0.4, 0.5) is 0 Å². The van der Waals surface area contributed by atoms with Crippen LogP contribution in [-0.2, 0) is 19.1 Å². The van der Waals surface area contributed by atoms with Gasteiger partial charge < -0.3 is 9.47 Å². The number of carbonyl (C=O) groups excluding carboxylic acids is 2. The van der Waals surface area contributed by atoms with E-state index in [1.54, 1.807) is 6.92 Å². The molecule has 0 aliphatic rings. The van der Waals surface area contributed by atoms with Gasteiger partial charge in [-0.25, -0.2) is 0 Å². The predicted octanol–water partition coefficient (Wildman–Crippen LogP) is 1.26. The van der Waals surface area contributed by atoms with Crippen molar-refractivity contribution in [3.05, 3.63) is 0 Å². The van der Waals surface area contributed by atoms with Crippen molar-refractivity contribution in [2.45, 2.75) is 39.5 Å². The van der Waals surface area contributed by atoms with Crippen LogP contribution in [0.5, 0.6) is 0 Å². The molecule has 0 aromatic heterocycles. The largest absolute Gasteiger partial charge is 0.465 e. The summed E-state index contributed by atoms with van der Waals surface area (Å²) in [6, 6.07) is 0. The summed E-state index contributed by atoms with van der Waals surface area (Å²) in [5, 5.41) is 2.67. The molecule has 0 spiro atoms. The van der Waals surface area contributed by atoms with E-state index < -0.39 is 0 Å². The molecular formula is C12H23NO4. The molecule has 0 heterocycles. The lowest BCUT2D eigenvalue weighted by molar-refractivity contribution is -0.143. The monoisotopic (exact) mass is 245 g/mol. The molecule has 0 saturated carbocycles. The lowest BCUT2D eigenvalue weighted by Gasteiger charge is -2.05. The van der Waals surface area contributed by atoms with E-state index in [0.717, 1.165) is 19.3 Å². The number of hydrogen-bond donors (Lipinski definition) is 1. The zero-order valence-electron chi connectivity index (χ0n) is 10.8. The van der Waals surface area contributed by atoms with E-state index >= 15 is 0 Å². The second kappa shape index (κ2) is 11.4. The molecule has 1 N–H and O–H groups in total. The van der Waals surface area contributed by atoms with Gasteiger partial charge in [0.15, 0.2) is 0 Å². The van der Waals surface area contributed by atoms with E-state index in [0.29, 0.717) is 13.2 Å². The zero-order chi connectivity index (χ0) is 12.9. The minimum atomic E-state index is -0.358. The van der Waals surface area contributed by atoms with Crippen LogP contribution in [0.2, 0.25) is 0 Å². The van der Waals surface area contributed by atoms with Gasteiger partial charge in [0.1, 0.15) is 0 Å². The highest BCUT2D eigenvalue weighted by molar-refractivity contribution is 5.74. The third-order valence-electron chi connectivity index (χ3n) is 2.10. The predicted molar refractivity (Wildman–Crippen MR) is 64.6 cm³/mol. The molecule has 0 radical (unpaired) electrons. The van der Waals surface area contributed by atoms with Crippen molar-refractivity contribution in [2.24, 2.45) is 0 Å². The summed E-state index contributed by atoms with van der Waals surface area (Å²) in [6.07, 6.45) is 4.31. The average Bonchev–Trinajstić information content (AvgIpc) is 2.29. The third-order valence-corrected chi connectivity index (χ3v) is 2.10. The molecular weight excluding hydrogens is 222 g/mol. The van der Waals surface area contributed by atoms with Gasteiger partial charge in [0.05, 0.1) is 26.3 Å². The first-order valence-corrected chi connectivity index (χ1v) is 6.22. The first kappa shape index (κ1) is 15.9. The average molecular weight is 245 g/mol. The van der Waals surface area contributed by atoms with Crippen LogP contribution in [0.1, 0.15) is 39.5 Å². The van der Waals surface area contributed by atoms with Crippen LogP contribution < -0.4 is 5.32 Å². The molecule has 0 atom stereocenters. The first-order chi connectivity index (χ1) is 8.20. The molecule has 17 heavy (non-hydrogen) atoms. The van der Waals surface area contributed by atoms with Crippen LogP contribution in [0, 0.1) is 0 Å². The quantitative estimate of drug-likeness (QED) is 0.464. The Morgan fingerprint density at radius 1 is 0.941 bits per heavy atom. The van der Waals surface area contributed by atoms with E-state index in [9.17, 15) is 9.59 Å². The molecule has 0 saturated heterocycles. The molecule has 0 aromatic rings. The summed E-state index contributed by atoms with van der Waals surface area (Å²) in [6.45, 7) is 4.77. The Morgan fingerprint density at radius 3 is 2.18 bits per heavy atom. The Balaban J connectivity index is 3.31. The van der Waals surface area contributed by atoms with E-state index in [-0.39, 0.29) is 25.0 Å². The lowest BCUT2D eigenvalue weighted by Crippen LogP contribution is -2.30. The zero-order valence-corrected chi connectivity index (χ0v) is 10.8. The molecule has 100 valence electrons. The van der Waals surface area contributed by atoms with Gasteiger partial charge in [0, 0.05) is 0 Å². The third kappa shape index (κ3) is 11.2. The summed E-state index contributed by atoms with van der Waals surface area (Å²) < 4.78 is 9.67. The lowest BCUT2D eigenvalue weighted by atomic mass is 10.2. The van der Waals surface area contributed by atoms with Crippen molar-refractivity contribution in [1.82, 2.24) is 5.32 Å². The highest BCUT2D eigenvalue weighted by Crippen LogP contribution is 1.98. The van der Waals surface area contributed by atoms with Crippen LogP contribution in [0.25, 0.3) is 0 Å². The number of unbranched alkanes of at least 4 members (excludes halogenated alkanes) is 3. The van der Waals surface area contributed by atoms with Crippen molar-refractivity contribution in [2.75, 3.05) is 26.3 Å². The van der Waals surface area contributed by atoms with Gasteiger partial charge in [-0.15, -0.1) is 0 Å². The Labute approximate surface area is 103 Å². The van der Waals surface area contributed by atoms with Crippen LogP contribution in [-0.4, -0.2) is 38.2 Å². The fraction of sp³-hybridized carbons (Fsp3) is 0.833. The highest BCUT2D eigenvalue weighted by Gasteiger charge is 2.05. The Kier molecular flexibility index (Phi) is 10.7. The minimum absolute atomic E-state index is 0.0405. The second-order valence-corrected chi connectivity index (χ2v) is 3.69. The Morgan fingerprint density at radius 2 is 1.59 bits per heavy atom. The van der Waals surface area contributed by atoms with Crippen molar-refractivity contribution >= 4 is 11.9 Å². The molecule has 0 aliphatic heterocycles. The maximum atomic E-state index is 11.2. The number of hydrogen-bond acceptors (Lipinski definition) is 5. The van der Waals surface area contributed by atoms with Crippen LogP contribution >= 0.6 is 0 Å². The van der Waals surface area contributed by atoms with E-state index in [4.69, 9.17) is 9.47 Å². The Bertz CT molecular complexity index is 219. The molecule has 0 rings (SSSR count). The van der Waals surface area contributed by atoms with Gasteiger partial charge >= 0.3 is 11.9 Å². The standard InChI is InChI=1S/C12H23NO4/c1-3-5-6-7-8-17-12(15)10-13-9-11(14)16-4-2/h13H,3-10H2,1-2H3. The van der Waals surface area contributed by atoms with Gasteiger partial charge in [-0.1, -0.05) is 26.2 Å². The van der Waals surface area contributed by atoms with E-state index in [1.807, 2.05) is 0 Å². The summed E-state index contributed by atoms with van der Waals surface area (Å²) in [7, 11) is 0. The number of esters is 2. The summed E-state index contributed by atoms with van der Waals surface area (Å²) >= 11 is 0. The van der Waals surface area contributed by atoms with Crippen LogP contribution in [0.15, 0.2) is 0 Å². The van der Waals surface area contributed by atoms with Crippen molar-refractivity contribution in [3.8, 4) is 0 Å². The molecule has 0 unspecified atom stereocenters. The van der Waals surface area contributed by atoms with Gasteiger partial charge in [-0.3, -0.25) is 14.9 Å². The summed E-state index contributed by atoms with van der Waals surface area (Å²) in [5.41, 5.74) is 0. The molecule has 0 fully saturated rings. The van der Waals surface area contributed by atoms with Gasteiger partial charge in [0.2, 0.25) is 0 Å². The molecule has 0 bridgehead atoms. The molecule has 5 heteroatoms. The maximum Gasteiger partial charge on any atom is 0.319 e. The minimum Gasteiger partial charge on any atom is -0.465 e. The molecule has 5 nitrogen and oxygen atoms in total. The fourth-order valence-electron chi connectivity index (χ4n) is 1.24. The number of rotatable bonds is 10. The van der Waals surface area contributed by atoms with Crippen LogP contribution in [0.3, 0.4) is 0 Å². The Hall–Kier alpha value is -1.10. The molecule has 0 aliphatic carbocycles. The number of nitrogens with one attached hydrogen (secondary N) is 1. The maximum absolute atomic E-state index is 11.2. The number of carbonyl (C=O) groups is 2. The van der Waals surface area contributed by atoms with Gasteiger partial charge in [-0.05, 0) is 13.3 Å². The smallest absolute Gasteiger partial charge is 0.319 e. The molecule has 0 aromatic carbocycles. The fourth-order valence-corrected chi connectivity index (χ4v) is 1.24. The van der Waals surface area contributed by atoms with Crippen molar-refractivity contribution in [1.29, 1.82) is 0 Å². The van der Waals surface area contributed by atoms with Gasteiger partial charge in [-0.2, -0.15) is 0 Å². The topological polar surface area (TPSA) is 64.6 Å². The van der Waals surface area contributed by atoms with E-state index in [2.05, 4.69) is 12.2 Å². The summed E-state index contributed by atoms with van der Waals surface area (Å²) in [4.78, 5) is 22.1. The highest BCUT2D eigenvalue weighted by atomic mass is 16.5.